The van der Waals surface area contributed by atoms with Crippen LogP contribution in [0.4, 0.5) is 0 Å². The molecule has 0 heterocycles. The van der Waals surface area contributed by atoms with E-state index >= 15 is 0 Å². The highest BCUT2D eigenvalue weighted by Crippen LogP contribution is 2.21. The van der Waals surface area contributed by atoms with Gasteiger partial charge in [-0.25, -0.2) is 0 Å². The lowest BCUT2D eigenvalue weighted by Crippen LogP contribution is -2.21. The van der Waals surface area contributed by atoms with Crippen molar-refractivity contribution < 1.29 is 15.0 Å². The second-order valence-electron chi connectivity index (χ2n) is 8.45. The van der Waals surface area contributed by atoms with Gasteiger partial charge in [0, 0.05) is 0 Å². The molecule has 1 atom stereocenters. The third-order valence-electron chi connectivity index (χ3n) is 3.51. The number of carboxylic acid groups (broad SMARTS) is 1. The van der Waals surface area contributed by atoms with Crippen molar-refractivity contribution in [2.24, 2.45) is 10.8 Å². The number of carboxylic acids is 1. The normalized spacial score (nSPS) is 12.2. The smallest absolute Gasteiger partial charge is 0.309 e. The molecule has 3 heteroatoms. The number of hydrogen-bond donors (Lipinski definition) is 2. The summed E-state index contributed by atoms with van der Waals surface area (Å²) in [5.74, 6) is 0.185. The quantitative estimate of drug-likeness (QED) is 0.662. The number of aliphatic carboxylic acids is 1. The van der Waals surface area contributed by atoms with Gasteiger partial charge in [0.15, 0.2) is 0 Å². The van der Waals surface area contributed by atoms with Gasteiger partial charge in [-0.1, -0.05) is 60.6 Å². The van der Waals surface area contributed by atoms with Gasteiger partial charge >= 0.3 is 5.97 Å². The zero-order valence-corrected chi connectivity index (χ0v) is 17.1. The van der Waals surface area contributed by atoms with Gasteiger partial charge in [0.25, 0.3) is 0 Å². The predicted octanol–water partition coefficient (Wildman–Crippen LogP) is 6.47. The molecule has 140 valence electrons. The molecule has 0 aromatic heterocycles. The van der Waals surface area contributed by atoms with E-state index in [1.807, 2.05) is 25.1 Å². The zero-order chi connectivity index (χ0) is 19.6. The van der Waals surface area contributed by atoms with Crippen LogP contribution < -0.4 is 0 Å². The van der Waals surface area contributed by atoms with E-state index in [4.69, 9.17) is 10.2 Å². The van der Waals surface area contributed by atoms with E-state index < -0.39 is 11.4 Å². The van der Waals surface area contributed by atoms with Crippen LogP contribution in [0.15, 0.2) is 24.3 Å². The minimum atomic E-state index is -0.722. The molecule has 0 saturated heterocycles. The van der Waals surface area contributed by atoms with Crippen molar-refractivity contribution in [1.29, 1.82) is 0 Å². The van der Waals surface area contributed by atoms with Crippen LogP contribution in [0, 0.1) is 10.8 Å². The standard InChI is InChI=1S/C10H14O.C6H12O2.C5H12/c1-3-8(2)9-5-4-6-10(11)7-9;1-4-6(2,3)5(7)8;1-5(2,3)4/h4-8,11H,3H2,1-2H3;4H2,1-3H3,(H,7,8);1-4H3. The van der Waals surface area contributed by atoms with Crippen LogP contribution in [0.3, 0.4) is 0 Å². The molecule has 0 bridgehead atoms. The van der Waals surface area contributed by atoms with E-state index in [0.717, 1.165) is 6.42 Å². The first kappa shape index (κ1) is 24.7. The highest BCUT2D eigenvalue weighted by atomic mass is 16.4. The molecule has 2 N–H and O–H groups in total. The van der Waals surface area contributed by atoms with Crippen LogP contribution in [-0.4, -0.2) is 16.2 Å². The fourth-order valence-corrected chi connectivity index (χ4v) is 1.22. The Balaban J connectivity index is 0. The Morgan fingerprint density at radius 1 is 1.08 bits per heavy atom. The van der Waals surface area contributed by atoms with Gasteiger partial charge in [0.05, 0.1) is 5.41 Å². The summed E-state index contributed by atoms with van der Waals surface area (Å²) in [6, 6.07) is 7.46. The van der Waals surface area contributed by atoms with Crippen LogP contribution in [0.1, 0.15) is 86.6 Å². The fraction of sp³-hybridized carbons (Fsp3) is 0.667. The van der Waals surface area contributed by atoms with Crippen LogP contribution in [-0.2, 0) is 4.79 Å². The van der Waals surface area contributed by atoms with E-state index in [2.05, 4.69) is 41.5 Å². The highest BCUT2D eigenvalue weighted by Gasteiger charge is 2.23. The topological polar surface area (TPSA) is 57.5 Å². The summed E-state index contributed by atoms with van der Waals surface area (Å²) in [5, 5.41) is 17.6. The Morgan fingerprint density at radius 3 is 1.79 bits per heavy atom. The Hall–Kier alpha value is -1.51. The molecule has 0 aliphatic carbocycles. The van der Waals surface area contributed by atoms with Crippen molar-refractivity contribution in [1.82, 2.24) is 0 Å². The molecule has 0 aliphatic heterocycles. The van der Waals surface area contributed by atoms with Gasteiger partial charge in [-0.05, 0) is 55.7 Å². The Bertz CT molecular complexity index is 464. The molecule has 0 spiro atoms. The van der Waals surface area contributed by atoms with E-state index in [1.165, 1.54) is 5.56 Å². The van der Waals surface area contributed by atoms with Crippen LogP contribution in [0.25, 0.3) is 0 Å². The van der Waals surface area contributed by atoms with Crippen molar-refractivity contribution >= 4 is 5.97 Å². The lowest BCUT2D eigenvalue weighted by molar-refractivity contribution is -0.147. The molecule has 0 saturated carbocycles. The maximum absolute atomic E-state index is 10.3. The summed E-state index contributed by atoms with van der Waals surface area (Å²) < 4.78 is 0. The Labute approximate surface area is 149 Å². The van der Waals surface area contributed by atoms with Crippen molar-refractivity contribution in [3.63, 3.8) is 0 Å². The van der Waals surface area contributed by atoms with Gasteiger partial charge in [0.1, 0.15) is 5.75 Å². The third kappa shape index (κ3) is 14.1. The molecule has 24 heavy (non-hydrogen) atoms. The summed E-state index contributed by atoms with van der Waals surface area (Å²) in [5.41, 5.74) is 1.17. The SMILES string of the molecule is CC(C)(C)C.CCC(C)(C)C(=O)O.CCC(C)c1cccc(O)c1. The Morgan fingerprint density at radius 2 is 1.54 bits per heavy atom. The van der Waals surface area contributed by atoms with Crippen molar-refractivity contribution in [2.45, 2.75) is 81.1 Å². The third-order valence-corrected chi connectivity index (χ3v) is 3.51. The number of benzene rings is 1. The van der Waals surface area contributed by atoms with Gasteiger partial charge < -0.3 is 10.2 Å². The van der Waals surface area contributed by atoms with Crippen LogP contribution >= 0.6 is 0 Å². The summed E-state index contributed by atoms with van der Waals surface area (Å²) >= 11 is 0. The fourth-order valence-electron chi connectivity index (χ4n) is 1.22. The summed E-state index contributed by atoms with van der Waals surface area (Å²) in [7, 11) is 0. The molecule has 1 aromatic rings. The number of phenols is 1. The van der Waals surface area contributed by atoms with E-state index in [0.29, 0.717) is 23.5 Å². The maximum atomic E-state index is 10.3. The summed E-state index contributed by atoms with van der Waals surface area (Å²) in [4.78, 5) is 10.3. The van der Waals surface area contributed by atoms with Crippen molar-refractivity contribution in [3.05, 3.63) is 29.8 Å². The van der Waals surface area contributed by atoms with Crippen molar-refractivity contribution in [3.8, 4) is 5.75 Å². The molecule has 0 aliphatic rings. The lowest BCUT2D eigenvalue weighted by atomic mass is 9.91. The number of phenolic OH excluding ortho intramolecular Hbond substituents is 1. The van der Waals surface area contributed by atoms with E-state index in [-0.39, 0.29) is 0 Å². The number of rotatable bonds is 4. The minimum Gasteiger partial charge on any atom is -0.508 e. The first-order chi connectivity index (χ1) is 10.7. The Kier molecular flexibility index (Phi) is 11.5. The first-order valence-electron chi connectivity index (χ1n) is 8.76. The molecule has 1 unspecified atom stereocenters. The predicted molar refractivity (Wildman–Crippen MR) is 104 cm³/mol. The molecule has 3 nitrogen and oxygen atoms in total. The first-order valence-corrected chi connectivity index (χ1v) is 8.76. The molecule has 1 rings (SSSR count). The maximum Gasteiger partial charge on any atom is 0.309 e. The second-order valence-corrected chi connectivity index (χ2v) is 8.45. The average Bonchev–Trinajstić information content (AvgIpc) is 2.45. The zero-order valence-electron chi connectivity index (χ0n) is 17.1. The van der Waals surface area contributed by atoms with Gasteiger partial charge in [-0.3, -0.25) is 4.79 Å². The van der Waals surface area contributed by atoms with Crippen LogP contribution in [0.5, 0.6) is 5.75 Å². The van der Waals surface area contributed by atoms with Crippen molar-refractivity contribution in [2.75, 3.05) is 0 Å². The largest absolute Gasteiger partial charge is 0.508 e. The van der Waals surface area contributed by atoms with Gasteiger partial charge in [-0.15, -0.1) is 0 Å². The average molecular weight is 339 g/mol. The van der Waals surface area contributed by atoms with Gasteiger partial charge in [-0.2, -0.15) is 0 Å². The molecule has 1 aromatic carbocycles. The summed E-state index contributed by atoms with van der Waals surface area (Å²) in [6.45, 7) is 18.4. The summed E-state index contributed by atoms with van der Waals surface area (Å²) in [6.07, 6.45) is 1.80. The van der Waals surface area contributed by atoms with Gasteiger partial charge in [0.2, 0.25) is 0 Å². The molecule has 0 amide bonds. The molecule has 0 fully saturated rings. The number of carbonyl (C=O) groups is 1. The second kappa shape index (κ2) is 11.1. The monoisotopic (exact) mass is 338 g/mol. The van der Waals surface area contributed by atoms with E-state index in [9.17, 15) is 4.79 Å². The van der Waals surface area contributed by atoms with Crippen LogP contribution in [0.2, 0.25) is 0 Å². The lowest BCUT2D eigenvalue weighted by Gasteiger charge is -2.14. The number of aromatic hydroxyl groups is 1. The number of hydrogen-bond acceptors (Lipinski definition) is 2. The molecular weight excluding hydrogens is 300 g/mol. The highest BCUT2D eigenvalue weighted by molar-refractivity contribution is 5.73. The van der Waals surface area contributed by atoms with E-state index in [1.54, 1.807) is 19.9 Å². The minimum absolute atomic E-state index is 0.364. The molecule has 0 radical (unpaired) electrons. The molecular formula is C21H38O3.